The zero-order valence-corrected chi connectivity index (χ0v) is 17.7. The normalized spacial score (nSPS) is 17.1. The van der Waals surface area contributed by atoms with Crippen molar-refractivity contribution in [1.82, 2.24) is 14.3 Å². The minimum absolute atomic E-state index is 0.0164. The number of hydrogen-bond donors (Lipinski definition) is 0. The Balaban J connectivity index is 1.82. The van der Waals surface area contributed by atoms with Gasteiger partial charge in [-0.05, 0) is 36.8 Å². The van der Waals surface area contributed by atoms with E-state index < -0.39 is 11.6 Å². The molecule has 3 heterocycles. The van der Waals surface area contributed by atoms with Crippen LogP contribution in [0.3, 0.4) is 0 Å². The van der Waals surface area contributed by atoms with E-state index in [1.54, 1.807) is 4.90 Å². The van der Waals surface area contributed by atoms with E-state index in [1.165, 1.54) is 19.1 Å². The summed E-state index contributed by atoms with van der Waals surface area (Å²) in [5.74, 6) is -1.39. The van der Waals surface area contributed by atoms with Crippen LogP contribution in [0.15, 0.2) is 34.9 Å². The van der Waals surface area contributed by atoms with Crippen LogP contribution in [0.4, 0.5) is 8.78 Å². The number of morpholine rings is 1. The molecule has 4 rings (SSSR count). The van der Waals surface area contributed by atoms with Crippen molar-refractivity contribution in [3.8, 4) is 11.3 Å². The number of aromatic nitrogens is 2. The summed E-state index contributed by atoms with van der Waals surface area (Å²) in [5.41, 5.74) is 2.34. The first kappa shape index (κ1) is 20.0. The van der Waals surface area contributed by atoms with Crippen LogP contribution in [-0.2, 0) is 16.0 Å². The van der Waals surface area contributed by atoms with Gasteiger partial charge in [-0.25, -0.2) is 13.8 Å². The van der Waals surface area contributed by atoms with Gasteiger partial charge in [0.25, 0.3) is 0 Å². The molecule has 0 spiro atoms. The largest absolute Gasteiger partial charge is 0.374 e. The number of nitrogens with zero attached hydrogens (tertiary/aromatic N) is 3. The predicted octanol–water partition coefficient (Wildman–Crippen LogP) is 4.14. The predicted molar refractivity (Wildman–Crippen MR) is 109 cm³/mol. The SMILES string of the molecule is CC(=O)N1CCOC(Cc2c(-c3c(F)cc(Br)cc3F)nc3cc(C)ccn23)C1. The van der Waals surface area contributed by atoms with Crippen molar-refractivity contribution in [3.05, 3.63) is 57.8 Å². The van der Waals surface area contributed by atoms with E-state index in [0.717, 1.165) is 5.56 Å². The molecule has 1 amide bonds. The average Bonchev–Trinajstić information content (AvgIpc) is 2.98. The van der Waals surface area contributed by atoms with Gasteiger partial charge in [0.1, 0.15) is 17.3 Å². The van der Waals surface area contributed by atoms with Crippen molar-refractivity contribution < 1.29 is 18.3 Å². The van der Waals surface area contributed by atoms with Gasteiger partial charge >= 0.3 is 0 Å². The molecule has 0 radical (unpaired) electrons. The second-order valence-corrected chi connectivity index (χ2v) is 8.16. The molecular formula is C21H20BrF2N3O2. The summed E-state index contributed by atoms with van der Waals surface area (Å²) >= 11 is 3.12. The number of carbonyl (C=O) groups excluding carboxylic acids is 1. The van der Waals surface area contributed by atoms with E-state index in [-0.39, 0.29) is 23.3 Å². The topological polar surface area (TPSA) is 46.8 Å². The monoisotopic (exact) mass is 463 g/mol. The summed E-state index contributed by atoms with van der Waals surface area (Å²) < 4.78 is 37.5. The van der Waals surface area contributed by atoms with Crippen molar-refractivity contribution in [3.63, 3.8) is 0 Å². The summed E-state index contributed by atoms with van der Waals surface area (Å²) in [6.07, 6.45) is 1.93. The summed E-state index contributed by atoms with van der Waals surface area (Å²) in [6, 6.07) is 6.24. The van der Waals surface area contributed by atoms with Crippen molar-refractivity contribution in [2.45, 2.75) is 26.4 Å². The molecule has 0 bridgehead atoms. The zero-order valence-electron chi connectivity index (χ0n) is 16.1. The van der Waals surface area contributed by atoms with Gasteiger partial charge in [-0.2, -0.15) is 0 Å². The molecule has 1 unspecified atom stereocenters. The minimum atomic E-state index is -0.687. The maximum Gasteiger partial charge on any atom is 0.219 e. The Hall–Kier alpha value is -2.32. The number of hydrogen-bond acceptors (Lipinski definition) is 3. The molecule has 0 aliphatic carbocycles. The fourth-order valence-corrected chi connectivity index (χ4v) is 4.11. The highest BCUT2D eigenvalue weighted by molar-refractivity contribution is 9.10. The molecule has 1 atom stereocenters. The Morgan fingerprint density at radius 1 is 1.31 bits per heavy atom. The number of pyridine rings is 1. The third-order valence-electron chi connectivity index (χ3n) is 5.13. The lowest BCUT2D eigenvalue weighted by Gasteiger charge is -2.32. The molecule has 1 saturated heterocycles. The van der Waals surface area contributed by atoms with Crippen molar-refractivity contribution in [1.29, 1.82) is 0 Å². The van der Waals surface area contributed by atoms with Gasteiger partial charge in [-0.1, -0.05) is 15.9 Å². The molecule has 1 aliphatic heterocycles. The Morgan fingerprint density at radius 3 is 2.72 bits per heavy atom. The standard InChI is InChI=1S/C21H20BrF2N3O2/c1-12-3-4-27-18(10-15-11-26(13(2)28)5-6-29-15)21(25-19(27)7-12)20-16(23)8-14(22)9-17(20)24/h3-4,7-9,15H,5-6,10-11H2,1-2H3. The van der Waals surface area contributed by atoms with Gasteiger partial charge in [0.15, 0.2) is 0 Å². The van der Waals surface area contributed by atoms with Gasteiger partial charge in [0.2, 0.25) is 5.91 Å². The molecule has 3 aromatic rings. The van der Waals surface area contributed by atoms with E-state index in [9.17, 15) is 13.6 Å². The highest BCUT2D eigenvalue weighted by atomic mass is 79.9. The smallest absolute Gasteiger partial charge is 0.219 e. The third kappa shape index (κ3) is 3.91. The lowest BCUT2D eigenvalue weighted by atomic mass is 10.0. The van der Waals surface area contributed by atoms with Gasteiger partial charge in [0.05, 0.1) is 29.7 Å². The van der Waals surface area contributed by atoms with Gasteiger partial charge in [-0.15, -0.1) is 0 Å². The molecule has 2 aromatic heterocycles. The number of benzene rings is 1. The molecule has 1 aliphatic rings. The first-order valence-electron chi connectivity index (χ1n) is 9.33. The van der Waals surface area contributed by atoms with Gasteiger partial charge in [0, 0.05) is 37.1 Å². The van der Waals surface area contributed by atoms with Crippen LogP contribution in [0.5, 0.6) is 0 Å². The van der Waals surface area contributed by atoms with Crippen LogP contribution in [0.2, 0.25) is 0 Å². The fraction of sp³-hybridized carbons (Fsp3) is 0.333. The summed E-state index contributed by atoms with van der Waals surface area (Å²) in [5, 5.41) is 0. The van der Waals surface area contributed by atoms with Crippen molar-refractivity contribution in [2.24, 2.45) is 0 Å². The van der Waals surface area contributed by atoms with Gasteiger partial charge in [-0.3, -0.25) is 4.79 Å². The van der Waals surface area contributed by atoms with E-state index >= 15 is 0 Å². The number of halogens is 3. The Kier molecular flexibility index (Phi) is 5.40. The van der Waals surface area contributed by atoms with E-state index in [4.69, 9.17) is 4.74 Å². The van der Waals surface area contributed by atoms with E-state index in [0.29, 0.717) is 41.9 Å². The lowest BCUT2D eigenvalue weighted by molar-refractivity contribution is -0.136. The molecule has 152 valence electrons. The average molecular weight is 464 g/mol. The Labute approximate surface area is 175 Å². The molecule has 0 saturated carbocycles. The number of imidazole rings is 1. The summed E-state index contributed by atoms with van der Waals surface area (Å²) in [7, 11) is 0. The maximum atomic E-state index is 14.7. The quantitative estimate of drug-likeness (QED) is 0.586. The fourth-order valence-electron chi connectivity index (χ4n) is 3.71. The number of fused-ring (bicyclic) bond motifs is 1. The Bertz CT molecular complexity index is 1080. The first-order valence-corrected chi connectivity index (χ1v) is 10.1. The molecular weight excluding hydrogens is 444 g/mol. The number of rotatable bonds is 3. The molecule has 5 nitrogen and oxygen atoms in total. The summed E-state index contributed by atoms with van der Waals surface area (Å²) in [6.45, 7) is 4.86. The second-order valence-electron chi connectivity index (χ2n) is 7.25. The van der Waals surface area contributed by atoms with E-state index in [1.807, 2.05) is 29.7 Å². The molecule has 29 heavy (non-hydrogen) atoms. The van der Waals surface area contributed by atoms with Crippen LogP contribution in [0.25, 0.3) is 16.9 Å². The maximum absolute atomic E-state index is 14.7. The molecule has 1 fully saturated rings. The third-order valence-corrected chi connectivity index (χ3v) is 5.59. The highest BCUT2D eigenvalue weighted by Gasteiger charge is 2.27. The zero-order chi connectivity index (χ0) is 20.7. The van der Waals surface area contributed by atoms with Crippen LogP contribution in [0.1, 0.15) is 18.2 Å². The van der Waals surface area contributed by atoms with Gasteiger partial charge < -0.3 is 14.0 Å². The first-order chi connectivity index (χ1) is 13.8. The number of carbonyl (C=O) groups is 1. The highest BCUT2D eigenvalue weighted by Crippen LogP contribution is 2.33. The van der Waals surface area contributed by atoms with Crippen molar-refractivity contribution in [2.75, 3.05) is 19.7 Å². The Morgan fingerprint density at radius 2 is 2.03 bits per heavy atom. The summed E-state index contributed by atoms with van der Waals surface area (Å²) in [4.78, 5) is 18.0. The lowest BCUT2D eigenvalue weighted by Crippen LogP contribution is -2.45. The molecule has 1 aromatic carbocycles. The van der Waals surface area contributed by atoms with E-state index in [2.05, 4.69) is 20.9 Å². The van der Waals surface area contributed by atoms with Crippen LogP contribution >= 0.6 is 15.9 Å². The second kappa shape index (κ2) is 7.84. The number of amides is 1. The van der Waals surface area contributed by atoms with Crippen LogP contribution in [-0.4, -0.2) is 46.0 Å². The minimum Gasteiger partial charge on any atom is -0.374 e. The van der Waals surface area contributed by atoms with Crippen LogP contribution in [0, 0.1) is 18.6 Å². The van der Waals surface area contributed by atoms with Crippen molar-refractivity contribution >= 4 is 27.5 Å². The number of ether oxygens (including phenoxy) is 1. The molecule has 8 heteroatoms. The number of aryl methyl sites for hydroxylation is 1. The molecule has 0 N–H and O–H groups in total. The van der Waals surface area contributed by atoms with Crippen LogP contribution < -0.4 is 0 Å².